The molecule has 0 saturated heterocycles. The summed E-state index contributed by atoms with van der Waals surface area (Å²) in [6, 6.07) is 0. The van der Waals surface area contributed by atoms with Gasteiger partial charge in [-0.1, -0.05) is 59.3 Å². The first kappa shape index (κ1) is 26.1. The normalized spacial score (nSPS) is 13.5. The van der Waals surface area contributed by atoms with Crippen molar-refractivity contribution in [1.82, 2.24) is 0 Å². The summed E-state index contributed by atoms with van der Waals surface area (Å²) in [5, 5.41) is 0. The van der Waals surface area contributed by atoms with Crippen LogP contribution in [0.1, 0.15) is 85.0 Å². The lowest BCUT2D eigenvalue weighted by Gasteiger charge is -2.15. The van der Waals surface area contributed by atoms with Gasteiger partial charge in [0.15, 0.2) is 0 Å². The van der Waals surface area contributed by atoms with Crippen molar-refractivity contribution < 1.29 is 0 Å². The fourth-order valence-electron chi connectivity index (χ4n) is 2.96. The first-order chi connectivity index (χ1) is 11.5. The van der Waals surface area contributed by atoms with Crippen LogP contribution in [-0.2, 0) is 0 Å². The molecule has 0 saturated carbocycles. The molecule has 0 aliphatic rings. The van der Waals surface area contributed by atoms with Crippen LogP contribution in [0.4, 0.5) is 0 Å². The summed E-state index contributed by atoms with van der Waals surface area (Å²) >= 11 is 0. The van der Waals surface area contributed by atoms with E-state index < -0.39 is 0 Å². The standard InChI is InChI=1S/2C10H24N2/c1-9(5-3-4-6-11)7-10(2)8-12;1-10(6-2-4-8-11)7-3-5-9-12/h9-10H,3-8,11-12H2,1-2H3;10H,2-9,11-12H2,1H3. The minimum atomic E-state index is 0.679. The summed E-state index contributed by atoms with van der Waals surface area (Å²) < 4.78 is 0. The third-order valence-electron chi connectivity index (χ3n) is 4.66. The van der Waals surface area contributed by atoms with E-state index in [1.807, 2.05) is 0 Å². The summed E-state index contributed by atoms with van der Waals surface area (Å²) in [6.45, 7) is 10.2. The maximum absolute atomic E-state index is 5.56. The molecular formula is C20H48N4. The van der Waals surface area contributed by atoms with Crippen molar-refractivity contribution in [1.29, 1.82) is 0 Å². The molecule has 0 spiro atoms. The second kappa shape index (κ2) is 20.9. The maximum atomic E-state index is 5.56. The third-order valence-corrected chi connectivity index (χ3v) is 4.66. The highest BCUT2D eigenvalue weighted by Gasteiger charge is 2.06. The topological polar surface area (TPSA) is 104 Å². The quantitative estimate of drug-likeness (QED) is 0.341. The molecule has 2 atom stereocenters. The van der Waals surface area contributed by atoms with Gasteiger partial charge in [-0.3, -0.25) is 0 Å². The van der Waals surface area contributed by atoms with Crippen LogP contribution in [0.15, 0.2) is 0 Å². The molecule has 0 aliphatic carbocycles. The average Bonchev–Trinajstić information content (AvgIpc) is 2.56. The van der Waals surface area contributed by atoms with Gasteiger partial charge >= 0.3 is 0 Å². The Bertz CT molecular complexity index is 214. The highest BCUT2D eigenvalue weighted by molar-refractivity contribution is 4.60. The molecule has 0 heterocycles. The minimum Gasteiger partial charge on any atom is -0.330 e. The van der Waals surface area contributed by atoms with Crippen LogP contribution in [0, 0.1) is 17.8 Å². The van der Waals surface area contributed by atoms with Crippen molar-refractivity contribution >= 4 is 0 Å². The van der Waals surface area contributed by atoms with Crippen molar-refractivity contribution in [3.8, 4) is 0 Å². The van der Waals surface area contributed by atoms with E-state index in [0.717, 1.165) is 38.0 Å². The Morgan fingerprint density at radius 1 is 0.500 bits per heavy atom. The fourth-order valence-corrected chi connectivity index (χ4v) is 2.96. The molecule has 0 bridgehead atoms. The van der Waals surface area contributed by atoms with Crippen LogP contribution in [0.5, 0.6) is 0 Å². The zero-order valence-corrected chi connectivity index (χ0v) is 16.9. The lowest BCUT2D eigenvalue weighted by molar-refractivity contribution is 0.389. The Hall–Kier alpha value is -0.160. The van der Waals surface area contributed by atoms with Crippen LogP contribution in [0.2, 0.25) is 0 Å². The number of hydrogen-bond donors (Lipinski definition) is 4. The van der Waals surface area contributed by atoms with Crippen molar-refractivity contribution in [3.05, 3.63) is 0 Å². The van der Waals surface area contributed by atoms with Crippen LogP contribution in [0.25, 0.3) is 0 Å². The average molecular weight is 345 g/mol. The molecule has 2 unspecified atom stereocenters. The number of nitrogens with two attached hydrogens (primary N) is 4. The van der Waals surface area contributed by atoms with Gasteiger partial charge in [0.05, 0.1) is 0 Å². The summed E-state index contributed by atoms with van der Waals surface area (Å²) in [5.41, 5.74) is 21.8. The maximum Gasteiger partial charge on any atom is -0.00514 e. The first-order valence-corrected chi connectivity index (χ1v) is 10.3. The number of rotatable bonds is 15. The molecule has 0 fully saturated rings. The van der Waals surface area contributed by atoms with Crippen LogP contribution < -0.4 is 22.9 Å². The predicted octanol–water partition coefficient (Wildman–Crippen LogP) is 3.62. The van der Waals surface area contributed by atoms with E-state index in [-0.39, 0.29) is 0 Å². The molecule has 0 radical (unpaired) electrons. The van der Waals surface area contributed by atoms with Gasteiger partial charge in [0.25, 0.3) is 0 Å². The molecule has 148 valence electrons. The van der Waals surface area contributed by atoms with Crippen molar-refractivity contribution in [2.75, 3.05) is 26.2 Å². The van der Waals surface area contributed by atoms with Gasteiger partial charge < -0.3 is 22.9 Å². The lowest BCUT2D eigenvalue weighted by atomic mass is 9.93. The second-order valence-corrected chi connectivity index (χ2v) is 7.64. The van der Waals surface area contributed by atoms with Gasteiger partial charge in [0, 0.05) is 0 Å². The smallest absolute Gasteiger partial charge is 0.00514 e. The molecule has 0 aromatic heterocycles. The molecule has 0 aromatic rings. The van der Waals surface area contributed by atoms with E-state index in [2.05, 4.69) is 20.8 Å². The largest absolute Gasteiger partial charge is 0.330 e. The van der Waals surface area contributed by atoms with Gasteiger partial charge in [-0.15, -0.1) is 0 Å². The fraction of sp³-hybridized carbons (Fsp3) is 1.00. The van der Waals surface area contributed by atoms with Crippen LogP contribution >= 0.6 is 0 Å². The predicted molar refractivity (Wildman–Crippen MR) is 110 cm³/mol. The minimum absolute atomic E-state index is 0.679. The number of hydrogen-bond acceptors (Lipinski definition) is 4. The second-order valence-electron chi connectivity index (χ2n) is 7.64. The van der Waals surface area contributed by atoms with Crippen molar-refractivity contribution in [2.45, 2.75) is 85.0 Å². The SMILES string of the molecule is CC(CCCCN)CCCCN.CC(CN)CC(C)CCCCN. The van der Waals surface area contributed by atoms with Gasteiger partial charge in [-0.05, 0) is 69.6 Å². The molecular weight excluding hydrogens is 296 g/mol. The van der Waals surface area contributed by atoms with Crippen LogP contribution in [-0.4, -0.2) is 26.2 Å². The van der Waals surface area contributed by atoms with Gasteiger partial charge in [0.2, 0.25) is 0 Å². The molecule has 0 rings (SSSR count). The van der Waals surface area contributed by atoms with E-state index in [4.69, 9.17) is 22.9 Å². The molecule has 24 heavy (non-hydrogen) atoms. The summed E-state index contributed by atoms with van der Waals surface area (Å²) in [6.07, 6.45) is 12.6. The van der Waals surface area contributed by atoms with Crippen LogP contribution in [0.3, 0.4) is 0 Å². The van der Waals surface area contributed by atoms with E-state index in [9.17, 15) is 0 Å². The summed E-state index contributed by atoms with van der Waals surface area (Å²) in [4.78, 5) is 0. The number of unbranched alkanes of at least 4 members (excludes halogenated alkanes) is 3. The van der Waals surface area contributed by atoms with Gasteiger partial charge in [0.1, 0.15) is 0 Å². The zero-order chi connectivity index (χ0) is 18.6. The monoisotopic (exact) mass is 344 g/mol. The molecule has 4 heteroatoms. The Kier molecular flexibility index (Phi) is 22.7. The first-order valence-electron chi connectivity index (χ1n) is 10.3. The molecule has 8 N–H and O–H groups in total. The lowest BCUT2D eigenvalue weighted by Crippen LogP contribution is -2.14. The summed E-state index contributed by atoms with van der Waals surface area (Å²) in [7, 11) is 0. The van der Waals surface area contributed by atoms with Gasteiger partial charge in [-0.25, -0.2) is 0 Å². The highest BCUT2D eigenvalue weighted by atomic mass is 14.5. The molecule has 0 aromatic carbocycles. The van der Waals surface area contributed by atoms with Crippen molar-refractivity contribution in [3.63, 3.8) is 0 Å². The van der Waals surface area contributed by atoms with E-state index in [0.29, 0.717) is 5.92 Å². The Balaban J connectivity index is 0. The Morgan fingerprint density at radius 2 is 0.875 bits per heavy atom. The third kappa shape index (κ3) is 21.8. The Labute approximate surface area is 152 Å². The van der Waals surface area contributed by atoms with E-state index in [1.165, 1.54) is 64.2 Å². The zero-order valence-electron chi connectivity index (χ0n) is 16.9. The molecule has 4 nitrogen and oxygen atoms in total. The van der Waals surface area contributed by atoms with Crippen molar-refractivity contribution in [2.24, 2.45) is 40.7 Å². The van der Waals surface area contributed by atoms with Gasteiger partial charge in [-0.2, -0.15) is 0 Å². The Morgan fingerprint density at radius 3 is 1.21 bits per heavy atom. The highest BCUT2D eigenvalue weighted by Crippen LogP contribution is 2.16. The molecule has 0 amide bonds. The molecule has 0 aliphatic heterocycles. The summed E-state index contributed by atoms with van der Waals surface area (Å²) in [5.74, 6) is 2.36. The van der Waals surface area contributed by atoms with E-state index >= 15 is 0 Å². The van der Waals surface area contributed by atoms with E-state index in [1.54, 1.807) is 0 Å².